The molecule has 21 heavy (non-hydrogen) atoms. The Morgan fingerprint density at radius 2 is 1.81 bits per heavy atom. The zero-order valence-electron chi connectivity index (χ0n) is 11.1. The molecule has 0 fully saturated rings. The summed E-state index contributed by atoms with van der Waals surface area (Å²) >= 11 is 0. The number of aromatic nitrogens is 1. The summed E-state index contributed by atoms with van der Waals surface area (Å²) in [6, 6.07) is 8.38. The third-order valence-electron chi connectivity index (χ3n) is 2.47. The van der Waals surface area contributed by atoms with Crippen molar-refractivity contribution in [2.75, 3.05) is 10.0 Å². The molecule has 0 radical (unpaired) electrons. The van der Waals surface area contributed by atoms with Gasteiger partial charge in [0.05, 0.1) is 11.1 Å². The van der Waals surface area contributed by atoms with Crippen molar-refractivity contribution in [3.63, 3.8) is 0 Å². The summed E-state index contributed by atoms with van der Waals surface area (Å²) in [6.07, 6.45) is 1.14. The van der Waals surface area contributed by atoms with Gasteiger partial charge in [-0.25, -0.2) is 13.4 Å². The molecule has 7 nitrogen and oxygen atoms in total. The van der Waals surface area contributed by atoms with Crippen LogP contribution in [0.25, 0.3) is 0 Å². The number of hydrogen-bond acceptors (Lipinski definition) is 5. The highest BCUT2D eigenvalue weighted by Crippen LogP contribution is 2.18. The number of benzene rings is 1. The van der Waals surface area contributed by atoms with E-state index in [9.17, 15) is 13.2 Å². The normalized spacial score (nSPS) is 10.9. The van der Waals surface area contributed by atoms with Crippen LogP contribution in [0.5, 0.6) is 5.75 Å². The van der Waals surface area contributed by atoms with Crippen molar-refractivity contribution in [3.05, 3.63) is 42.6 Å². The fourth-order valence-electron chi connectivity index (χ4n) is 1.56. The Hall–Kier alpha value is -2.61. The second-order valence-electron chi connectivity index (χ2n) is 4.21. The predicted octanol–water partition coefficient (Wildman–Crippen LogP) is 1.55. The number of sulfonamides is 1. The number of nitrogens with one attached hydrogen (secondary N) is 2. The second-order valence-corrected chi connectivity index (χ2v) is 5.90. The molecule has 0 aliphatic carbocycles. The maximum absolute atomic E-state index is 12.1. The van der Waals surface area contributed by atoms with Crippen LogP contribution in [0.15, 0.2) is 47.5 Å². The van der Waals surface area contributed by atoms with E-state index < -0.39 is 10.0 Å². The molecule has 1 aromatic heterocycles. The number of pyridine rings is 1. The van der Waals surface area contributed by atoms with Crippen molar-refractivity contribution in [1.29, 1.82) is 0 Å². The van der Waals surface area contributed by atoms with E-state index >= 15 is 0 Å². The standard InChI is InChI=1S/C13H13N3O4S/c1-9(17)15-10-2-5-12(6-3-10)21(19,20)16-13-7-4-11(18)8-14-13/h2-8,18H,1H3,(H,14,16)(H,15,17). The second kappa shape index (κ2) is 5.80. The zero-order chi connectivity index (χ0) is 15.5. The van der Waals surface area contributed by atoms with Gasteiger partial charge in [-0.05, 0) is 36.4 Å². The predicted molar refractivity (Wildman–Crippen MR) is 77.5 cm³/mol. The number of anilines is 2. The third-order valence-corrected chi connectivity index (χ3v) is 3.84. The lowest BCUT2D eigenvalue weighted by Crippen LogP contribution is -2.14. The summed E-state index contributed by atoms with van der Waals surface area (Å²) in [4.78, 5) is 14.7. The molecule has 110 valence electrons. The Kier molecular flexibility index (Phi) is 4.08. The summed E-state index contributed by atoms with van der Waals surface area (Å²) in [6.45, 7) is 1.36. The van der Waals surface area contributed by atoms with E-state index in [1.807, 2.05) is 0 Å². The number of aromatic hydroxyl groups is 1. The van der Waals surface area contributed by atoms with Gasteiger partial charge in [-0.3, -0.25) is 9.52 Å². The highest BCUT2D eigenvalue weighted by Gasteiger charge is 2.14. The SMILES string of the molecule is CC(=O)Nc1ccc(S(=O)(=O)Nc2ccc(O)cn2)cc1. The molecular formula is C13H13N3O4S. The van der Waals surface area contributed by atoms with Crippen LogP contribution in [0.3, 0.4) is 0 Å². The van der Waals surface area contributed by atoms with Crippen LogP contribution in [-0.4, -0.2) is 24.4 Å². The van der Waals surface area contributed by atoms with Crippen molar-refractivity contribution < 1.29 is 18.3 Å². The maximum atomic E-state index is 12.1. The molecule has 0 atom stereocenters. The van der Waals surface area contributed by atoms with Gasteiger partial charge in [-0.2, -0.15) is 0 Å². The lowest BCUT2D eigenvalue weighted by molar-refractivity contribution is -0.114. The fourth-order valence-corrected chi connectivity index (χ4v) is 2.57. The average molecular weight is 307 g/mol. The Morgan fingerprint density at radius 3 is 2.33 bits per heavy atom. The van der Waals surface area contributed by atoms with E-state index in [4.69, 9.17) is 5.11 Å². The molecule has 0 aliphatic heterocycles. The molecule has 1 amide bonds. The van der Waals surface area contributed by atoms with Crippen LogP contribution >= 0.6 is 0 Å². The van der Waals surface area contributed by atoms with Crippen LogP contribution in [0.4, 0.5) is 11.5 Å². The first-order valence-electron chi connectivity index (χ1n) is 5.92. The number of rotatable bonds is 4. The first-order valence-corrected chi connectivity index (χ1v) is 7.41. The van der Waals surface area contributed by atoms with Crippen molar-refractivity contribution in [2.24, 2.45) is 0 Å². The Morgan fingerprint density at radius 1 is 1.14 bits per heavy atom. The van der Waals surface area contributed by atoms with Gasteiger partial charge in [0, 0.05) is 12.6 Å². The Labute approximate surface area is 121 Å². The summed E-state index contributed by atoms with van der Waals surface area (Å²) in [5, 5.41) is 11.6. The van der Waals surface area contributed by atoms with Gasteiger partial charge in [0.15, 0.2) is 0 Å². The van der Waals surface area contributed by atoms with Crippen molar-refractivity contribution >= 4 is 27.4 Å². The molecule has 1 aromatic carbocycles. The van der Waals surface area contributed by atoms with Crippen LogP contribution in [-0.2, 0) is 14.8 Å². The van der Waals surface area contributed by atoms with Crippen LogP contribution in [0.2, 0.25) is 0 Å². The average Bonchev–Trinajstić information content (AvgIpc) is 2.41. The number of carbonyl (C=O) groups excluding carboxylic acids is 1. The summed E-state index contributed by atoms with van der Waals surface area (Å²) in [5.41, 5.74) is 0.504. The van der Waals surface area contributed by atoms with E-state index in [2.05, 4.69) is 15.0 Å². The van der Waals surface area contributed by atoms with E-state index in [1.165, 1.54) is 43.3 Å². The largest absolute Gasteiger partial charge is 0.506 e. The fraction of sp³-hybridized carbons (Fsp3) is 0.0769. The third kappa shape index (κ3) is 3.93. The van der Waals surface area contributed by atoms with Crippen molar-refractivity contribution in [2.45, 2.75) is 11.8 Å². The first kappa shape index (κ1) is 14.8. The minimum atomic E-state index is -3.78. The topological polar surface area (TPSA) is 108 Å². The number of hydrogen-bond donors (Lipinski definition) is 3. The highest BCUT2D eigenvalue weighted by atomic mass is 32.2. The number of nitrogens with zero attached hydrogens (tertiary/aromatic N) is 1. The van der Waals surface area contributed by atoms with Crippen LogP contribution < -0.4 is 10.0 Å². The van der Waals surface area contributed by atoms with E-state index in [0.29, 0.717) is 5.69 Å². The molecule has 3 N–H and O–H groups in total. The Balaban J connectivity index is 2.19. The highest BCUT2D eigenvalue weighted by molar-refractivity contribution is 7.92. The molecule has 2 aromatic rings. The molecule has 0 unspecified atom stereocenters. The summed E-state index contributed by atoms with van der Waals surface area (Å²) in [7, 11) is -3.78. The maximum Gasteiger partial charge on any atom is 0.263 e. The molecule has 0 saturated carbocycles. The van der Waals surface area contributed by atoms with Gasteiger partial charge >= 0.3 is 0 Å². The minimum Gasteiger partial charge on any atom is -0.506 e. The quantitative estimate of drug-likeness (QED) is 0.794. The lowest BCUT2D eigenvalue weighted by atomic mass is 10.3. The van der Waals surface area contributed by atoms with Gasteiger partial charge in [0.2, 0.25) is 5.91 Å². The summed E-state index contributed by atoms with van der Waals surface area (Å²) in [5.74, 6) is -0.201. The van der Waals surface area contributed by atoms with Gasteiger partial charge in [0.1, 0.15) is 11.6 Å². The van der Waals surface area contributed by atoms with E-state index in [0.717, 1.165) is 6.20 Å². The van der Waals surface area contributed by atoms with Crippen molar-refractivity contribution in [1.82, 2.24) is 4.98 Å². The molecule has 0 aliphatic rings. The van der Waals surface area contributed by atoms with E-state index in [1.54, 1.807) is 0 Å². The Bertz CT molecular complexity index is 740. The molecule has 0 bridgehead atoms. The molecule has 2 rings (SSSR count). The van der Waals surface area contributed by atoms with Gasteiger partial charge in [-0.1, -0.05) is 0 Å². The molecule has 0 spiro atoms. The van der Waals surface area contributed by atoms with Gasteiger partial charge in [0.25, 0.3) is 10.0 Å². The number of carbonyl (C=O) groups is 1. The lowest BCUT2D eigenvalue weighted by Gasteiger charge is -2.08. The molecule has 1 heterocycles. The first-order chi connectivity index (χ1) is 9.87. The monoisotopic (exact) mass is 307 g/mol. The van der Waals surface area contributed by atoms with E-state index in [-0.39, 0.29) is 22.4 Å². The number of amides is 1. The van der Waals surface area contributed by atoms with Crippen LogP contribution in [0.1, 0.15) is 6.92 Å². The van der Waals surface area contributed by atoms with Gasteiger partial charge < -0.3 is 10.4 Å². The van der Waals surface area contributed by atoms with Crippen LogP contribution in [0, 0.1) is 0 Å². The summed E-state index contributed by atoms with van der Waals surface area (Å²) < 4.78 is 26.5. The molecule has 0 saturated heterocycles. The smallest absolute Gasteiger partial charge is 0.263 e. The molecule has 8 heteroatoms. The van der Waals surface area contributed by atoms with Crippen molar-refractivity contribution in [3.8, 4) is 5.75 Å². The zero-order valence-corrected chi connectivity index (χ0v) is 11.9. The molecular weight excluding hydrogens is 294 g/mol. The minimum absolute atomic E-state index is 0.0338. The van der Waals surface area contributed by atoms with Gasteiger partial charge in [-0.15, -0.1) is 0 Å².